The zero-order valence-corrected chi connectivity index (χ0v) is 17.0. The van der Waals surface area contributed by atoms with Gasteiger partial charge in [0, 0.05) is 11.4 Å². The third-order valence-electron chi connectivity index (χ3n) is 3.74. The second kappa shape index (κ2) is 9.72. The molecule has 0 saturated heterocycles. The van der Waals surface area contributed by atoms with Crippen molar-refractivity contribution in [2.75, 3.05) is 11.9 Å². The van der Waals surface area contributed by atoms with Gasteiger partial charge in [0.1, 0.15) is 5.82 Å². The molecule has 7 nitrogen and oxygen atoms in total. The van der Waals surface area contributed by atoms with E-state index in [0.29, 0.717) is 18.1 Å². The van der Waals surface area contributed by atoms with Crippen molar-refractivity contribution in [3.8, 4) is 0 Å². The number of nitrogens with one attached hydrogen (secondary N) is 1. The first-order valence-electron chi connectivity index (χ1n) is 8.55. The minimum Gasteiger partial charge on any atom is -0.466 e. The van der Waals surface area contributed by atoms with Gasteiger partial charge in [0.15, 0.2) is 4.34 Å². The van der Waals surface area contributed by atoms with Gasteiger partial charge in [0.25, 0.3) is 0 Å². The van der Waals surface area contributed by atoms with Crippen LogP contribution in [0.5, 0.6) is 0 Å². The molecule has 0 radical (unpaired) electrons. The Balaban J connectivity index is 1.92. The number of aromatic nitrogens is 3. The van der Waals surface area contributed by atoms with Crippen molar-refractivity contribution in [3.63, 3.8) is 0 Å². The van der Waals surface area contributed by atoms with Gasteiger partial charge in [0.05, 0.1) is 36.2 Å². The highest BCUT2D eigenvalue weighted by Gasteiger charge is 2.19. The van der Waals surface area contributed by atoms with Crippen molar-refractivity contribution in [2.24, 2.45) is 0 Å². The van der Waals surface area contributed by atoms with E-state index >= 15 is 0 Å². The molecular formula is C17H24N4O3S2. The van der Waals surface area contributed by atoms with E-state index in [9.17, 15) is 9.59 Å². The third-order valence-corrected chi connectivity index (χ3v) is 5.86. The molecule has 2 rings (SSSR count). The summed E-state index contributed by atoms with van der Waals surface area (Å²) in [5.41, 5.74) is 0.665. The average molecular weight is 397 g/mol. The van der Waals surface area contributed by atoms with E-state index in [-0.39, 0.29) is 29.6 Å². The molecule has 0 aliphatic carbocycles. The van der Waals surface area contributed by atoms with E-state index < -0.39 is 0 Å². The molecule has 0 unspecified atom stereocenters. The molecule has 2 heterocycles. The molecule has 0 aliphatic rings. The van der Waals surface area contributed by atoms with E-state index in [0.717, 1.165) is 10.8 Å². The van der Waals surface area contributed by atoms with E-state index in [1.54, 1.807) is 19.2 Å². The summed E-state index contributed by atoms with van der Waals surface area (Å²) in [5.74, 6) is 0.291. The standard InChI is InChI=1S/C17H24N4O3S2/c1-5-11(3)21-14(7-8-18-21)20-16(23)12(4)26-17-19-13(10-25-17)9-15(22)24-6-2/h7-8,10-12H,5-6,9H2,1-4H3,(H,20,23)/t11-,12+/m0/s1. The summed E-state index contributed by atoms with van der Waals surface area (Å²) in [6.45, 7) is 8.09. The summed E-state index contributed by atoms with van der Waals surface area (Å²) >= 11 is 2.79. The monoisotopic (exact) mass is 396 g/mol. The molecule has 2 aromatic rings. The second-order valence-electron chi connectivity index (χ2n) is 5.75. The van der Waals surface area contributed by atoms with E-state index in [2.05, 4.69) is 29.2 Å². The number of nitrogens with zero attached hydrogens (tertiary/aromatic N) is 3. The largest absolute Gasteiger partial charge is 0.466 e. The van der Waals surface area contributed by atoms with Crippen molar-refractivity contribution in [1.29, 1.82) is 0 Å². The van der Waals surface area contributed by atoms with E-state index in [4.69, 9.17) is 4.74 Å². The highest BCUT2D eigenvalue weighted by atomic mass is 32.2. The number of rotatable bonds is 9. The summed E-state index contributed by atoms with van der Waals surface area (Å²) in [5, 5.41) is 8.69. The van der Waals surface area contributed by atoms with Gasteiger partial charge in [-0.25, -0.2) is 9.67 Å². The summed E-state index contributed by atoms with van der Waals surface area (Å²) in [6, 6.07) is 2.01. The molecular weight excluding hydrogens is 372 g/mol. The summed E-state index contributed by atoms with van der Waals surface area (Å²) in [6.07, 6.45) is 2.76. The highest BCUT2D eigenvalue weighted by Crippen LogP contribution is 2.28. The molecule has 0 bridgehead atoms. The van der Waals surface area contributed by atoms with E-state index in [1.807, 2.05) is 17.0 Å². The maximum Gasteiger partial charge on any atom is 0.311 e. The molecule has 9 heteroatoms. The number of esters is 1. The Morgan fingerprint density at radius 1 is 1.38 bits per heavy atom. The second-order valence-corrected chi connectivity index (χ2v) is 8.20. The van der Waals surface area contributed by atoms with Crippen LogP contribution in [0.25, 0.3) is 0 Å². The number of anilines is 1. The predicted molar refractivity (Wildman–Crippen MR) is 104 cm³/mol. The van der Waals surface area contributed by atoms with Gasteiger partial charge in [-0.1, -0.05) is 18.7 Å². The summed E-state index contributed by atoms with van der Waals surface area (Å²) in [7, 11) is 0. The quantitative estimate of drug-likeness (QED) is 0.515. The van der Waals surface area contributed by atoms with Gasteiger partial charge >= 0.3 is 5.97 Å². The van der Waals surface area contributed by atoms with Crippen molar-refractivity contribution in [3.05, 3.63) is 23.3 Å². The third kappa shape index (κ3) is 5.57. The zero-order chi connectivity index (χ0) is 19.1. The average Bonchev–Trinajstić information content (AvgIpc) is 3.23. The lowest BCUT2D eigenvalue weighted by molar-refractivity contribution is -0.142. The molecule has 2 atom stereocenters. The van der Waals surface area contributed by atoms with Gasteiger partial charge in [-0.15, -0.1) is 11.3 Å². The van der Waals surface area contributed by atoms with Crippen LogP contribution in [0.4, 0.5) is 5.82 Å². The fraction of sp³-hybridized carbons (Fsp3) is 0.529. The van der Waals surface area contributed by atoms with Crippen molar-refractivity contribution >= 4 is 40.8 Å². The van der Waals surface area contributed by atoms with Crippen LogP contribution in [-0.4, -0.2) is 38.5 Å². The van der Waals surface area contributed by atoms with Gasteiger partial charge in [-0.3, -0.25) is 9.59 Å². The van der Waals surface area contributed by atoms with Gasteiger partial charge in [-0.05, 0) is 27.2 Å². The fourth-order valence-corrected chi connectivity index (χ4v) is 4.13. The van der Waals surface area contributed by atoms with E-state index in [1.165, 1.54) is 23.1 Å². The Morgan fingerprint density at radius 2 is 2.15 bits per heavy atom. The first-order valence-corrected chi connectivity index (χ1v) is 10.3. The molecule has 0 fully saturated rings. The number of carbonyl (C=O) groups excluding carboxylic acids is 2. The van der Waals surface area contributed by atoms with Crippen LogP contribution in [0.3, 0.4) is 0 Å². The molecule has 1 N–H and O–H groups in total. The maximum atomic E-state index is 12.5. The lowest BCUT2D eigenvalue weighted by atomic mass is 10.3. The smallest absolute Gasteiger partial charge is 0.311 e. The van der Waals surface area contributed by atoms with Crippen molar-refractivity contribution in [2.45, 2.75) is 56.2 Å². The Labute approximate surface area is 161 Å². The lowest BCUT2D eigenvalue weighted by Gasteiger charge is -2.15. The number of thiazole rings is 1. The predicted octanol–water partition coefficient (Wildman–Crippen LogP) is 3.54. The van der Waals surface area contributed by atoms with Crippen LogP contribution in [0.1, 0.15) is 45.9 Å². The first kappa shape index (κ1) is 20.4. The number of hydrogen-bond acceptors (Lipinski definition) is 7. The molecule has 142 valence electrons. The van der Waals surface area contributed by atoms with Crippen LogP contribution >= 0.6 is 23.1 Å². The molecule has 1 amide bonds. The summed E-state index contributed by atoms with van der Waals surface area (Å²) in [4.78, 5) is 28.4. The Morgan fingerprint density at radius 3 is 2.85 bits per heavy atom. The first-order chi connectivity index (χ1) is 12.4. The van der Waals surface area contributed by atoms with Gasteiger partial charge in [0.2, 0.25) is 5.91 Å². The number of amides is 1. The minimum atomic E-state index is -0.322. The number of thioether (sulfide) groups is 1. The van der Waals surface area contributed by atoms with Crippen LogP contribution in [0.15, 0.2) is 22.0 Å². The topological polar surface area (TPSA) is 86.1 Å². The molecule has 0 spiro atoms. The minimum absolute atomic E-state index is 0.109. The van der Waals surface area contributed by atoms with Crippen molar-refractivity contribution in [1.82, 2.24) is 14.8 Å². The number of ether oxygens (including phenoxy) is 1. The maximum absolute atomic E-state index is 12.5. The van der Waals surface area contributed by atoms with Crippen LogP contribution < -0.4 is 5.32 Å². The van der Waals surface area contributed by atoms with Crippen LogP contribution in [0, 0.1) is 0 Å². The van der Waals surface area contributed by atoms with Crippen LogP contribution in [0.2, 0.25) is 0 Å². The Hall–Kier alpha value is -1.87. The number of hydrogen-bond donors (Lipinski definition) is 1. The molecule has 0 aliphatic heterocycles. The molecule has 0 aromatic carbocycles. The van der Waals surface area contributed by atoms with Crippen molar-refractivity contribution < 1.29 is 14.3 Å². The zero-order valence-electron chi connectivity index (χ0n) is 15.4. The lowest BCUT2D eigenvalue weighted by Crippen LogP contribution is -2.24. The van der Waals surface area contributed by atoms with Gasteiger partial charge < -0.3 is 10.1 Å². The SMILES string of the molecule is CCOC(=O)Cc1csc(S[C@H](C)C(=O)Nc2ccnn2[C@@H](C)CC)n1. The number of carbonyl (C=O) groups is 2. The molecule has 2 aromatic heterocycles. The fourth-order valence-electron chi connectivity index (χ4n) is 2.15. The Kier molecular flexibility index (Phi) is 7.65. The molecule has 26 heavy (non-hydrogen) atoms. The normalized spacial score (nSPS) is 13.2. The Bertz CT molecular complexity index is 744. The van der Waals surface area contributed by atoms with Crippen LogP contribution in [-0.2, 0) is 20.7 Å². The highest BCUT2D eigenvalue weighted by molar-refractivity contribution is 8.02. The molecule has 0 saturated carbocycles. The van der Waals surface area contributed by atoms with Gasteiger partial charge in [-0.2, -0.15) is 5.10 Å². The summed E-state index contributed by atoms with van der Waals surface area (Å²) < 4.78 is 7.49.